The monoisotopic (exact) mass is 324 g/mol. The molecule has 1 aromatic carbocycles. The van der Waals surface area contributed by atoms with Gasteiger partial charge in [-0.2, -0.15) is 5.10 Å². The Bertz CT molecular complexity index is 847. The number of hydrogen-bond donors (Lipinski definition) is 2. The molecule has 0 aliphatic heterocycles. The zero-order chi connectivity index (χ0) is 16.9. The normalized spacial score (nSPS) is 10.5. The molecule has 122 valence electrons. The standard InChI is InChI=1S/C16H16N6O2/c1-11-7-9-17-16(14(11)22(23)24)18-10-8-13-19-15(21-20-13)12-5-3-2-4-6-12/h2-7,9H,8,10H2,1H3,(H,17,18)(H,19,20,21). The summed E-state index contributed by atoms with van der Waals surface area (Å²) in [5, 5.41) is 21.2. The van der Waals surface area contributed by atoms with E-state index in [9.17, 15) is 10.1 Å². The molecule has 0 radical (unpaired) electrons. The summed E-state index contributed by atoms with van der Waals surface area (Å²) in [6.07, 6.45) is 2.10. The summed E-state index contributed by atoms with van der Waals surface area (Å²) in [7, 11) is 0. The first-order chi connectivity index (χ1) is 11.6. The van der Waals surface area contributed by atoms with E-state index in [2.05, 4.69) is 25.5 Å². The lowest BCUT2D eigenvalue weighted by Gasteiger charge is -2.06. The van der Waals surface area contributed by atoms with Gasteiger partial charge in [0.15, 0.2) is 5.82 Å². The maximum absolute atomic E-state index is 11.1. The van der Waals surface area contributed by atoms with Crippen molar-refractivity contribution in [3.8, 4) is 11.4 Å². The quantitative estimate of drug-likeness (QED) is 0.533. The number of aryl methyl sites for hydroxylation is 1. The van der Waals surface area contributed by atoms with E-state index < -0.39 is 4.92 Å². The molecule has 0 amide bonds. The Hall–Kier alpha value is -3.29. The van der Waals surface area contributed by atoms with Gasteiger partial charge in [0.1, 0.15) is 5.82 Å². The van der Waals surface area contributed by atoms with Crippen LogP contribution in [0.1, 0.15) is 11.4 Å². The molecule has 0 aliphatic carbocycles. The van der Waals surface area contributed by atoms with Crippen LogP contribution in [0.4, 0.5) is 11.5 Å². The topological polar surface area (TPSA) is 110 Å². The van der Waals surface area contributed by atoms with Gasteiger partial charge in [0.05, 0.1) is 4.92 Å². The van der Waals surface area contributed by atoms with Gasteiger partial charge in [-0.3, -0.25) is 15.2 Å². The van der Waals surface area contributed by atoms with Crippen molar-refractivity contribution in [1.29, 1.82) is 0 Å². The molecule has 0 spiro atoms. The van der Waals surface area contributed by atoms with Crippen molar-refractivity contribution in [3.05, 3.63) is 64.1 Å². The molecular weight excluding hydrogens is 308 g/mol. The molecule has 2 aromatic heterocycles. The Morgan fingerprint density at radius 3 is 2.79 bits per heavy atom. The van der Waals surface area contributed by atoms with Crippen LogP contribution in [0.5, 0.6) is 0 Å². The summed E-state index contributed by atoms with van der Waals surface area (Å²) in [5.41, 5.74) is 1.51. The summed E-state index contributed by atoms with van der Waals surface area (Å²) < 4.78 is 0. The molecule has 0 unspecified atom stereocenters. The highest BCUT2D eigenvalue weighted by molar-refractivity contribution is 5.59. The fourth-order valence-corrected chi connectivity index (χ4v) is 2.33. The fraction of sp³-hybridized carbons (Fsp3) is 0.188. The molecule has 8 nitrogen and oxygen atoms in total. The van der Waals surface area contributed by atoms with Crippen molar-refractivity contribution in [2.24, 2.45) is 0 Å². The lowest BCUT2D eigenvalue weighted by Crippen LogP contribution is -2.10. The smallest absolute Gasteiger partial charge is 0.314 e. The van der Waals surface area contributed by atoms with Crippen molar-refractivity contribution in [2.45, 2.75) is 13.3 Å². The third-order valence-electron chi connectivity index (χ3n) is 3.53. The summed E-state index contributed by atoms with van der Waals surface area (Å²) >= 11 is 0. The van der Waals surface area contributed by atoms with Crippen LogP contribution in [0.3, 0.4) is 0 Å². The van der Waals surface area contributed by atoms with Gasteiger partial charge in [-0.25, -0.2) is 9.97 Å². The highest BCUT2D eigenvalue weighted by Crippen LogP contribution is 2.25. The largest absolute Gasteiger partial charge is 0.364 e. The van der Waals surface area contributed by atoms with Crippen LogP contribution in [-0.2, 0) is 6.42 Å². The van der Waals surface area contributed by atoms with E-state index in [1.165, 1.54) is 0 Å². The average molecular weight is 324 g/mol. The summed E-state index contributed by atoms with van der Waals surface area (Å²) in [6.45, 7) is 2.15. The van der Waals surface area contributed by atoms with Crippen LogP contribution in [0.15, 0.2) is 42.6 Å². The number of aromatic amines is 1. The number of hydrogen-bond acceptors (Lipinski definition) is 6. The first kappa shape index (κ1) is 15.6. The van der Waals surface area contributed by atoms with Gasteiger partial charge in [-0.1, -0.05) is 30.3 Å². The van der Waals surface area contributed by atoms with Gasteiger partial charge >= 0.3 is 5.69 Å². The second kappa shape index (κ2) is 6.86. The van der Waals surface area contributed by atoms with Crippen LogP contribution >= 0.6 is 0 Å². The Morgan fingerprint density at radius 2 is 2.04 bits per heavy atom. The SMILES string of the molecule is Cc1ccnc(NCCc2nc(-c3ccccc3)n[nH]2)c1[N+](=O)[O-]. The van der Waals surface area contributed by atoms with E-state index in [0.717, 1.165) is 5.56 Å². The van der Waals surface area contributed by atoms with Gasteiger partial charge in [0, 0.05) is 30.3 Å². The first-order valence-corrected chi connectivity index (χ1v) is 7.45. The predicted octanol–water partition coefficient (Wildman–Crippen LogP) is 2.74. The minimum Gasteiger partial charge on any atom is -0.364 e. The minimum atomic E-state index is -0.424. The number of anilines is 1. The first-order valence-electron chi connectivity index (χ1n) is 7.45. The van der Waals surface area contributed by atoms with E-state index in [0.29, 0.717) is 30.2 Å². The third-order valence-corrected chi connectivity index (χ3v) is 3.53. The molecule has 0 bridgehead atoms. The van der Waals surface area contributed by atoms with E-state index >= 15 is 0 Å². The minimum absolute atomic E-state index is 0.0000412. The molecule has 24 heavy (non-hydrogen) atoms. The van der Waals surface area contributed by atoms with Gasteiger partial charge in [0.25, 0.3) is 0 Å². The van der Waals surface area contributed by atoms with Crippen molar-refractivity contribution >= 4 is 11.5 Å². The number of H-pyrrole nitrogens is 1. The number of rotatable bonds is 6. The zero-order valence-corrected chi connectivity index (χ0v) is 13.1. The van der Waals surface area contributed by atoms with Crippen LogP contribution in [0, 0.1) is 17.0 Å². The number of pyridine rings is 1. The maximum Gasteiger partial charge on any atom is 0.314 e. The van der Waals surface area contributed by atoms with Crippen molar-refractivity contribution in [2.75, 3.05) is 11.9 Å². The zero-order valence-electron chi connectivity index (χ0n) is 13.1. The Labute approximate surface area is 138 Å². The van der Waals surface area contributed by atoms with Gasteiger partial charge < -0.3 is 5.32 Å². The average Bonchev–Trinajstić information content (AvgIpc) is 3.04. The van der Waals surface area contributed by atoms with E-state index in [4.69, 9.17) is 0 Å². The number of benzene rings is 1. The van der Waals surface area contributed by atoms with Crippen LogP contribution in [0.25, 0.3) is 11.4 Å². The van der Waals surface area contributed by atoms with Gasteiger partial charge in [-0.15, -0.1) is 0 Å². The van der Waals surface area contributed by atoms with Crippen LogP contribution in [-0.4, -0.2) is 31.6 Å². The van der Waals surface area contributed by atoms with Crippen molar-refractivity contribution in [3.63, 3.8) is 0 Å². The third kappa shape index (κ3) is 3.37. The number of nitrogens with one attached hydrogen (secondary N) is 2. The second-order valence-electron chi connectivity index (χ2n) is 5.23. The molecule has 8 heteroatoms. The highest BCUT2D eigenvalue weighted by atomic mass is 16.6. The number of nitro groups is 1. The highest BCUT2D eigenvalue weighted by Gasteiger charge is 2.18. The molecule has 3 aromatic rings. The van der Waals surface area contributed by atoms with Crippen molar-refractivity contribution in [1.82, 2.24) is 20.2 Å². The van der Waals surface area contributed by atoms with E-state index in [-0.39, 0.29) is 11.5 Å². The molecule has 2 heterocycles. The Morgan fingerprint density at radius 1 is 1.25 bits per heavy atom. The molecule has 0 fully saturated rings. The molecule has 3 rings (SSSR count). The molecule has 0 saturated carbocycles. The van der Waals surface area contributed by atoms with Crippen LogP contribution < -0.4 is 5.32 Å². The van der Waals surface area contributed by atoms with E-state index in [1.807, 2.05) is 30.3 Å². The maximum atomic E-state index is 11.1. The fourth-order valence-electron chi connectivity index (χ4n) is 2.33. The van der Waals surface area contributed by atoms with Crippen LogP contribution in [0.2, 0.25) is 0 Å². The second-order valence-corrected chi connectivity index (χ2v) is 5.23. The summed E-state index contributed by atoms with van der Waals surface area (Å²) in [5.74, 6) is 1.60. The van der Waals surface area contributed by atoms with Gasteiger partial charge in [-0.05, 0) is 13.0 Å². The lowest BCUT2D eigenvalue weighted by atomic mass is 10.2. The Kier molecular flexibility index (Phi) is 4.46. The Balaban J connectivity index is 1.65. The molecular formula is C16H16N6O2. The molecule has 0 atom stereocenters. The van der Waals surface area contributed by atoms with Gasteiger partial charge in [0.2, 0.25) is 5.82 Å². The molecule has 2 N–H and O–H groups in total. The lowest BCUT2D eigenvalue weighted by molar-refractivity contribution is -0.384. The molecule has 0 aliphatic rings. The number of nitrogens with zero attached hydrogens (tertiary/aromatic N) is 4. The van der Waals surface area contributed by atoms with E-state index in [1.54, 1.807) is 19.2 Å². The number of aromatic nitrogens is 4. The summed E-state index contributed by atoms with van der Waals surface area (Å²) in [4.78, 5) is 19.2. The van der Waals surface area contributed by atoms with Crippen molar-refractivity contribution < 1.29 is 4.92 Å². The summed E-state index contributed by atoms with van der Waals surface area (Å²) in [6, 6.07) is 11.3. The predicted molar refractivity (Wildman–Crippen MR) is 89.6 cm³/mol. The molecule has 0 saturated heterocycles.